The highest BCUT2D eigenvalue weighted by molar-refractivity contribution is 5.95. The molecule has 0 saturated carbocycles. The van der Waals surface area contributed by atoms with Gasteiger partial charge in [-0.05, 0) is 48.2 Å². The molecule has 7 nitrogen and oxygen atoms in total. The largest absolute Gasteiger partial charge is 0.309 e. The summed E-state index contributed by atoms with van der Waals surface area (Å²) in [4.78, 5) is 26.1. The Morgan fingerprint density at radius 2 is 1.57 bits per heavy atom. The number of carbonyl (C=O) groups excluding carboxylic acids is 1. The normalized spacial score (nSPS) is 12.4. The van der Waals surface area contributed by atoms with E-state index >= 15 is 0 Å². The average molecular weight is 463 g/mol. The van der Waals surface area contributed by atoms with Crippen LogP contribution in [0.2, 0.25) is 0 Å². The van der Waals surface area contributed by atoms with Crippen molar-refractivity contribution >= 4 is 11.7 Å². The van der Waals surface area contributed by atoms with Crippen LogP contribution in [0.4, 0.5) is 5.82 Å². The molecule has 2 aromatic carbocycles. The van der Waals surface area contributed by atoms with E-state index in [1.54, 1.807) is 24.7 Å². The lowest BCUT2D eigenvalue weighted by molar-refractivity contribution is -0.118. The zero-order chi connectivity index (χ0) is 24.6. The van der Waals surface area contributed by atoms with E-state index in [4.69, 9.17) is 5.26 Å². The van der Waals surface area contributed by atoms with Crippen LogP contribution >= 0.6 is 0 Å². The standard InChI is InChI=1S/C28H26N6O/c1-19(22-10-8-21(14-29)9-11-22)15-33-27(23-6-4-3-5-7-23)28(35)34-26-13-12-24(16-32-26)25-17-30-20(2)31-18-25/h3-13,16-19,27,33H,15H2,1-2H3,(H,32,34,35)/t19-,27+/m0/s1. The molecule has 0 unspecified atom stereocenters. The lowest BCUT2D eigenvalue weighted by Gasteiger charge is -2.21. The fourth-order valence-corrected chi connectivity index (χ4v) is 3.68. The molecule has 7 heteroatoms. The van der Waals surface area contributed by atoms with Gasteiger partial charge in [-0.3, -0.25) is 4.79 Å². The Bertz CT molecular complexity index is 1300. The maximum absolute atomic E-state index is 13.3. The number of aromatic nitrogens is 3. The molecule has 2 heterocycles. The number of nitrogens with one attached hydrogen (secondary N) is 2. The summed E-state index contributed by atoms with van der Waals surface area (Å²) in [7, 11) is 0. The van der Waals surface area contributed by atoms with Crippen LogP contribution in [0.1, 0.15) is 41.4 Å². The summed E-state index contributed by atoms with van der Waals surface area (Å²) < 4.78 is 0. The van der Waals surface area contributed by atoms with Crippen molar-refractivity contribution in [2.75, 3.05) is 11.9 Å². The molecule has 0 bridgehead atoms. The second kappa shape index (κ2) is 11.1. The van der Waals surface area contributed by atoms with Crippen molar-refractivity contribution in [3.63, 3.8) is 0 Å². The lowest BCUT2D eigenvalue weighted by Crippen LogP contribution is -2.35. The van der Waals surface area contributed by atoms with E-state index in [2.05, 4.69) is 38.6 Å². The number of rotatable bonds is 8. The Morgan fingerprint density at radius 1 is 0.886 bits per heavy atom. The molecule has 0 aliphatic heterocycles. The van der Waals surface area contributed by atoms with Crippen LogP contribution < -0.4 is 10.6 Å². The van der Waals surface area contributed by atoms with E-state index < -0.39 is 6.04 Å². The minimum Gasteiger partial charge on any atom is -0.309 e. The summed E-state index contributed by atoms with van der Waals surface area (Å²) in [5, 5.41) is 15.3. The van der Waals surface area contributed by atoms with Gasteiger partial charge in [-0.2, -0.15) is 5.26 Å². The first kappa shape index (κ1) is 23.7. The number of anilines is 1. The molecule has 4 rings (SSSR count). The van der Waals surface area contributed by atoms with E-state index in [1.807, 2.05) is 67.6 Å². The highest BCUT2D eigenvalue weighted by atomic mass is 16.2. The van der Waals surface area contributed by atoms with Gasteiger partial charge in [0.25, 0.3) is 0 Å². The quantitative estimate of drug-likeness (QED) is 0.390. The highest BCUT2D eigenvalue weighted by Gasteiger charge is 2.21. The molecule has 0 fully saturated rings. The highest BCUT2D eigenvalue weighted by Crippen LogP contribution is 2.21. The Labute approximate surface area is 204 Å². The molecular formula is C28H26N6O. The Kier molecular flexibility index (Phi) is 7.56. The number of benzene rings is 2. The van der Waals surface area contributed by atoms with Crippen LogP contribution in [0.5, 0.6) is 0 Å². The van der Waals surface area contributed by atoms with Gasteiger partial charge in [0.2, 0.25) is 5.91 Å². The average Bonchev–Trinajstić information content (AvgIpc) is 2.90. The molecule has 2 atom stereocenters. The fourth-order valence-electron chi connectivity index (χ4n) is 3.68. The molecule has 0 aliphatic carbocycles. The molecule has 4 aromatic rings. The first-order valence-electron chi connectivity index (χ1n) is 11.4. The zero-order valence-corrected chi connectivity index (χ0v) is 19.6. The van der Waals surface area contributed by atoms with Gasteiger partial charge in [0.1, 0.15) is 17.7 Å². The smallest absolute Gasteiger partial charge is 0.247 e. The molecule has 35 heavy (non-hydrogen) atoms. The van der Waals surface area contributed by atoms with Gasteiger partial charge < -0.3 is 10.6 Å². The molecule has 2 aromatic heterocycles. The van der Waals surface area contributed by atoms with Gasteiger partial charge in [0.15, 0.2) is 0 Å². The van der Waals surface area contributed by atoms with E-state index in [0.717, 1.165) is 22.3 Å². The predicted molar refractivity (Wildman–Crippen MR) is 135 cm³/mol. The maximum Gasteiger partial charge on any atom is 0.247 e. The third kappa shape index (κ3) is 6.14. The molecular weight excluding hydrogens is 436 g/mol. The second-order valence-electron chi connectivity index (χ2n) is 8.33. The summed E-state index contributed by atoms with van der Waals surface area (Å²) in [5.41, 5.74) is 4.33. The van der Waals surface area contributed by atoms with Crippen molar-refractivity contribution in [1.82, 2.24) is 20.3 Å². The minimum atomic E-state index is -0.552. The van der Waals surface area contributed by atoms with Gasteiger partial charge in [-0.15, -0.1) is 0 Å². The van der Waals surface area contributed by atoms with Crippen LogP contribution in [0.25, 0.3) is 11.1 Å². The molecule has 0 aliphatic rings. The topological polar surface area (TPSA) is 104 Å². The molecule has 174 valence electrons. The third-order valence-corrected chi connectivity index (χ3v) is 5.76. The van der Waals surface area contributed by atoms with Gasteiger partial charge in [-0.25, -0.2) is 15.0 Å². The molecule has 1 amide bonds. The van der Waals surface area contributed by atoms with E-state index in [1.165, 1.54) is 0 Å². The fraction of sp³-hybridized carbons (Fsp3) is 0.179. The zero-order valence-electron chi connectivity index (χ0n) is 19.6. The van der Waals surface area contributed by atoms with Crippen LogP contribution in [0.15, 0.2) is 85.3 Å². The summed E-state index contributed by atoms with van der Waals surface area (Å²) in [5.74, 6) is 1.13. The number of amides is 1. The predicted octanol–water partition coefficient (Wildman–Crippen LogP) is 4.79. The van der Waals surface area contributed by atoms with E-state index in [-0.39, 0.29) is 11.8 Å². The Morgan fingerprint density at radius 3 is 2.20 bits per heavy atom. The van der Waals surface area contributed by atoms with E-state index in [9.17, 15) is 4.79 Å². The molecule has 0 saturated heterocycles. The van der Waals surface area contributed by atoms with Crippen molar-refractivity contribution < 1.29 is 4.79 Å². The summed E-state index contributed by atoms with van der Waals surface area (Å²) in [6.07, 6.45) is 5.20. The monoisotopic (exact) mass is 462 g/mol. The van der Waals surface area contributed by atoms with Gasteiger partial charge in [-0.1, -0.05) is 49.4 Å². The van der Waals surface area contributed by atoms with Crippen LogP contribution in [-0.4, -0.2) is 27.4 Å². The summed E-state index contributed by atoms with van der Waals surface area (Å²) >= 11 is 0. The summed E-state index contributed by atoms with van der Waals surface area (Å²) in [6, 6.07) is 22.4. The number of nitriles is 1. The number of aryl methyl sites for hydroxylation is 1. The van der Waals surface area contributed by atoms with Crippen molar-refractivity contribution in [1.29, 1.82) is 5.26 Å². The van der Waals surface area contributed by atoms with Crippen molar-refractivity contribution in [3.8, 4) is 17.2 Å². The van der Waals surface area contributed by atoms with Crippen LogP contribution in [0, 0.1) is 18.3 Å². The van der Waals surface area contributed by atoms with Crippen molar-refractivity contribution in [2.24, 2.45) is 0 Å². The van der Waals surface area contributed by atoms with Gasteiger partial charge in [0, 0.05) is 36.3 Å². The maximum atomic E-state index is 13.3. The molecule has 2 N–H and O–H groups in total. The number of hydrogen-bond acceptors (Lipinski definition) is 6. The third-order valence-electron chi connectivity index (χ3n) is 5.76. The number of nitrogens with zero attached hydrogens (tertiary/aromatic N) is 4. The Balaban J connectivity index is 1.46. The Hall–Kier alpha value is -4.41. The minimum absolute atomic E-state index is 0.149. The molecule has 0 radical (unpaired) electrons. The second-order valence-corrected chi connectivity index (χ2v) is 8.33. The van der Waals surface area contributed by atoms with Crippen LogP contribution in [0.3, 0.4) is 0 Å². The van der Waals surface area contributed by atoms with Gasteiger partial charge in [0.05, 0.1) is 11.6 Å². The first-order chi connectivity index (χ1) is 17.0. The number of hydrogen-bond donors (Lipinski definition) is 2. The van der Waals surface area contributed by atoms with Gasteiger partial charge >= 0.3 is 0 Å². The molecule has 0 spiro atoms. The number of pyridine rings is 1. The number of carbonyl (C=O) groups is 1. The SMILES string of the molecule is Cc1ncc(-c2ccc(NC(=O)[C@H](NC[C@H](C)c3ccc(C#N)cc3)c3ccccc3)nc2)cn1. The van der Waals surface area contributed by atoms with Crippen molar-refractivity contribution in [2.45, 2.75) is 25.8 Å². The lowest BCUT2D eigenvalue weighted by atomic mass is 9.98. The van der Waals surface area contributed by atoms with E-state index in [0.29, 0.717) is 23.8 Å². The summed E-state index contributed by atoms with van der Waals surface area (Å²) in [6.45, 7) is 4.51. The first-order valence-corrected chi connectivity index (χ1v) is 11.4. The van der Waals surface area contributed by atoms with Crippen LogP contribution in [-0.2, 0) is 4.79 Å². The van der Waals surface area contributed by atoms with Crippen molar-refractivity contribution in [3.05, 3.63) is 108 Å².